The maximum atomic E-state index is 13.0. The molecule has 1 saturated carbocycles. The zero-order chi connectivity index (χ0) is 27.9. The molecule has 0 unspecified atom stereocenters. The van der Waals surface area contributed by atoms with Crippen LogP contribution in [0.25, 0.3) is 34.4 Å². The fourth-order valence-corrected chi connectivity index (χ4v) is 6.11. The van der Waals surface area contributed by atoms with Crippen molar-refractivity contribution in [1.29, 1.82) is 0 Å². The Morgan fingerprint density at radius 3 is 2.44 bits per heavy atom. The standard InChI is InChI=1S/C30H32N8O3/c1-36-29(39)25-28(34-30(36)40)38(22-4-2-3-5-22)35-27(33-25)24-11-10-23(41-24)20-8-6-19(7-9-20)18-37-16-12-21(13-17-37)26-31-14-15-32-26/h6-11,14-15,21-22H,2-5,12-13,16-18H2,1H3,(H,31,32). The highest BCUT2D eigenvalue weighted by Crippen LogP contribution is 2.33. The molecule has 3 aromatic rings. The van der Waals surface area contributed by atoms with Crippen molar-refractivity contribution in [2.45, 2.75) is 57.0 Å². The topological polar surface area (TPSA) is 128 Å². The zero-order valence-corrected chi connectivity index (χ0v) is 23.0. The van der Waals surface area contributed by atoms with E-state index in [-0.39, 0.29) is 17.6 Å². The van der Waals surface area contributed by atoms with E-state index in [1.165, 1.54) is 12.6 Å². The molecule has 2 aromatic heterocycles. The van der Waals surface area contributed by atoms with Gasteiger partial charge in [0.2, 0.25) is 5.82 Å². The monoisotopic (exact) mass is 552 g/mol. The second kappa shape index (κ2) is 10.5. The molecule has 1 aliphatic carbocycles. The Morgan fingerprint density at radius 1 is 0.951 bits per heavy atom. The Morgan fingerprint density at radius 2 is 1.71 bits per heavy atom. The molecule has 11 nitrogen and oxygen atoms in total. The average Bonchev–Trinajstić information content (AvgIpc) is 3.80. The van der Waals surface area contributed by atoms with Crippen molar-refractivity contribution < 1.29 is 4.42 Å². The highest BCUT2D eigenvalue weighted by atomic mass is 16.3. The third kappa shape index (κ3) is 4.90. The van der Waals surface area contributed by atoms with Gasteiger partial charge < -0.3 is 9.40 Å². The smallest absolute Gasteiger partial charge is 0.352 e. The van der Waals surface area contributed by atoms with Crippen molar-refractivity contribution in [3.63, 3.8) is 0 Å². The van der Waals surface area contributed by atoms with Gasteiger partial charge in [-0.15, -0.1) is 5.10 Å². The minimum atomic E-state index is -0.604. The Balaban J connectivity index is 1.11. The second-order valence-corrected chi connectivity index (χ2v) is 11.1. The van der Waals surface area contributed by atoms with Crippen LogP contribution in [-0.4, -0.2) is 52.3 Å². The van der Waals surface area contributed by atoms with Crippen LogP contribution in [0.15, 0.2) is 62.8 Å². The molecule has 1 N–H and O–H groups in total. The predicted octanol–water partition coefficient (Wildman–Crippen LogP) is 3.98. The molecule has 41 heavy (non-hydrogen) atoms. The summed E-state index contributed by atoms with van der Waals surface area (Å²) in [5.74, 6) is 3.32. The molecule has 4 aliphatic rings. The van der Waals surface area contributed by atoms with E-state index in [2.05, 4.69) is 49.1 Å². The number of furan rings is 1. The number of nitrogens with zero attached hydrogens (tertiary/aromatic N) is 7. The van der Waals surface area contributed by atoms with Crippen molar-refractivity contribution in [1.82, 2.24) is 39.2 Å². The van der Waals surface area contributed by atoms with Gasteiger partial charge in [0, 0.05) is 37.5 Å². The average molecular weight is 553 g/mol. The Labute approximate surface area is 236 Å². The molecule has 210 valence electrons. The molecular formula is C30H32N8O3. The highest BCUT2D eigenvalue weighted by molar-refractivity contribution is 5.63. The van der Waals surface area contributed by atoms with Gasteiger partial charge in [0.1, 0.15) is 11.6 Å². The van der Waals surface area contributed by atoms with Crippen molar-refractivity contribution in [3.8, 4) is 34.4 Å². The fourth-order valence-electron chi connectivity index (χ4n) is 6.11. The maximum absolute atomic E-state index is 13.0. The largest absolute Gasteiger partial charge is 0.453 e. The summed E-state index contributed by atoms with van der Waals surface area (Å²) in [5.41, 5.74) is 1.25. The molecule has 11 heteroatoms. The summed E-state index contributed by atoms with van der Waals surface area (Å²) in [4.78, 5) is 44.1. The van der Waals surface area contributed by atoms with Crippen LogP contribution >= 0.6 is 0 Å². The van der Waals surface area contributed by atoms with E-state index in [9.17, 15) is 9.59 Å². The number of piperidine rings is 1. The first kappa shape index (κ1) is 25.6. The van der Waals surface area contributed by atoms with Gasteiger partial charge >= 0.3 is 5.69 Å². The quantitative estimate of drug-likeness (QED) is 0.335. The summed E-state index contributed by atoms with van der Waals surface area (Å²) in [6.07, 6.45) is 9.92. The van der Waals surface area contributed by atoms with Gasteiger partial charge in [0.15, 0.2) is 17.3 Å². The molecule has 1 saturated heterocycles. The summed E-state index contributed by atoms with van der Waals surface area (Å²) in [6, 6.07) is 12.2. The SMILES string of the molecule is Cn1c(=O)nc2n(C3CCCC3)nc(-c3ccc(-c4ccc(CN5CCC(c6ncc[nH]6)CC5)cc4)o3)nc-2c1=O. The number of H-pyrrole nitrogens is 1. The van der Waals surface area contributed by atoms with E-state index in [1.807, 2.05) is 24.5 Å². The van der Waals surface area contributed by atoms with Crippen molar-refractivity contribution in [3.05, 3.63) is 81.0 Å². The lowest BCUT2D eigenvalue weighted by Crippen LogP contribution is -2.37. The predicted molar refractivity (Wildman–Crippen MR) is 152 cm³/mol. The van der Waals surface area contributed by atoms with Gasteiger partial charge in [-0.3, -0.25) is 14.3 Å². The molecule has 0 bridgehead atoms. The summed E-state index contributed by atoms with van der Waals surface area (Å²) >= 11 is 0. The Bertz CT molecular complexity index is 1740. The molecule has 7 rings (SSSR count). The molecule has 2 fully saturated rings. The highest BCUT2D eigenvalue weighted by Gasteiger charge is 2.28. The normalized spacial score (nSPS) is 17.1. The number of nitrogens with one attached hydrogen (secondary N) is 1. The Hall–Kier alpha value is -4.38. The number of hydrogen-bond acceptors (Lipinski definition) is 8. The third-order valence-corrected chi connectivity index (χ3v) is 8.48. The molecule has 3 aliphatic heterocycles. The van der Waals surface area contributed by atoms with E-state index in [1.54, 1.807) is 4.68 Å². The number of rotatable bonds is 6. The van der Waals surface area contributed by atoms with Crippen molar-refractivity contribution in [2.24, 2.45) is 7.05 Å². The van der Waals surface area contributed by atoms with Gasteiger partial charge in [-0.25, -0.2) is 19.4 Å². The number of fused-ring (bicyclic) bond motifs is 1. The van der Waals surface area contributed by atoms with Gasteiger partial charge in [-0.1, -0.05) is 37.1 Å². The second-order valence-electron chi connectivity index (χ2n) is 11.1. The lowest BCUT2D eigenvalue weighted by atomic mass is 9.96. The van der Waals surface area contributed by atoms with E-state index in [4.69, 9.17) is 9.52 Å². The van der Waals surface area contributed by atoms with E-state index in [0.717, 1.165) is 74.1 Å². The maximum Gasteiger partial charge on any atom is 0.352 e. The van der Waals surface area contributed by atoms with E-state index < -0.39 is 11.2 Å². The van der Waals surface area contributed by atoms with Crippen LogP contribution in [0.3, 0.4) is 0 Å². The fraction of sp³-hybridized carbons (Fsp3) is 0.400. The van der Waals surface area contributed by atoms with Crippen LogP contribution in [0, 0.1) is 0 Å². The van der Waals surface area contributed by atoms with E-state index >= 15 is 0 Å². The van der Waals surface area contributed by atoms with Gasteiger partial charge in [0.25, 0.3) is 5.56 Å². The number of imidazole rings is 1. The van der Waals surface area contributed by atoms with Crippen molar-refractivity contribution >= 4 is 0 Å². The molecule has 0 radical (unpaired) electrons. The molecule has 1 aromatic carbocycles. The molecule has 0 amide bonds. The minimum absolute atomic E-state index is 0.0659. The van der Waals surface area contributed by atoms with Crippen LogP contribution in [0.5, 0.6) is 0 Å². The first-order valence-electron chi connectivity index (χ1n) is 14.3. The number of benzene rings is 1. The molecule has 0 spiro atoms. The van der Waals surface area contributed by atoms with Gasteiger partial charge in [-0.05, 0) is 56.5 Å². The van der Waals surface area contributed by atoms with Crippen LogP contribution in [0.2, 0.25) is 0 Å². The van der Waals surface area contributed by atoms with Gasteiger partial charge in [-0.2, -0.15) is 4.98 Å². The van der Waals surface area contributed by atoms with Crippen LogP contribution in [-0.2, 0) is 13.6 Å². The zero-order valence-electron chi connectivity index (χ0n) is 23.0. The molecular weight excluding hydrogens is 520 g/mol. The lowest BCUT2D eigenvalue weighted by molar-refractivity contribution is 0.202. The summed E-state index contributed by atoms with van der Waals surface area (Å²) in [5, 5.41) is 4.72. The van der Waals surface area contributed by atoms with E-state index in [0.29, 0.717) is 23.3 Å². The third-order valence-electron chi connectivity index (χ3n) is 8.48. The number of hydrogen-bond donors (Lipinski definition) is 1. The molecule has 0 atom stereocenters. The summed E-state index contributed by atoms with van der Waals surface area (Å²) in [6.45, 7) is 3.01. The first-order valence-corrected chi connectivity index (χ1v) is 14.3. The number of aromatic amines is 1. The summed E-state index contributed by atoms with van der Waals surface area (Å²) in [7, 11) is 1.41. The van der Waals surface area contributed by atoms with Crippen molar-refractivity contribution in [2.75, 3.05) is 13.1 Å². The first-order chi connectivity index (χ1) is 20.0. The number of likely N-dealkylation sites (tertiary alicyclic amines) is 1. The van der Waals surface area contributed by atoms with Gasteiger partial charge in [0.05, 0.1) is 6.04 Å². The van der Waals surface area contributed by atoms with Crippen LogP contribution < -0.4 is 11.2 Å². The lowest BCUT2D eigenvalue weighted by Gasteiger charge is -2.31. The molecule has 5 heterocycles. The van der Waals surface area contributed by atoms with Crippen LogP contribution in [0.4, 0.5) is 0 Å². The number of aromatic nitrogens is 7. The Kier molecular flexibility index (Phi) is 6.58. The van der Waals surface area contributed by atoms with Crippen LogP contribution in [0.1, 0.15) is 61.9 Å². The minimum Gasteiger partial charge on any atom is -0.453 e. The summed E-state index contributed by atoms with van der Waals surface area (Å²) < 4.78 is 8.90.